The highest BCUT2D eigenvalue weighted by atomic mass is 31.2. The van der Waals surface area contributed by atoms with Crippen molar-refractivity contribution in [3.63, 3.8) is 0 Å². The lowest BCUT2D eigenvalue weighted by Gasteiger charge is -2.27. The van der Waals surface area contributed by atoms with E-state index in [1.54, 1.807) is 0 Å². The Balaban J connectivity index is 4.57. The first-order chi connectivity index (χ1) is 35.1. The fraction of sp³-hybridized carbons (Fsp3) is 0.900. The minimum atomic E-state index is -4.36. The van der Waals surface area contributed by atoms with Gasteiger partial charge in [0.15, 0.2) is 0 Å². The molecule has 21 nitrogen and oxygen atoms in total. The highest BCUT2D eigenvalue weighted by Gasteiger charge is 2.28. The summed E-state index contributed by atoms with van der Waals surface area (Å²) >= 11 is 0. The van der Waals surface area contributed by atoms with Crippen molar-refractivity contribution in [3.05, 3.63) is 4.91 Å². The number of nitroso groups, excluding NO2 is 1. The zero-order chi connectivity index (χ0) is 54.2. The zero-order valence-electron chi connectivity index (χ0n) is 44.8. The number of rotatable bonds is 56. The highest BCUT2D eigenvalue weighted by Crippen LogP contribution is 2.43. The van der Waals surface area contributed by atoms with E-state index >= 15 is 0 Å². The van der Waals surface area contributed by atoms with Gasteiger partial charge in [-0.2, -0.15) is 0 Å². The second-order valence-electron chi connectivity index (χ2n) is 19.0. The minimum Gasteiger partial charge on any atom is -0.480 e. The van der Waals surface area contributed by atoms with Crippen molar-refractivity contribution in [2.45, 2.75) is 194 Å². The molecular weight excluding hydrogens is 989 g/mol. The van der Waals surface area contributed by atoms with Crippen molar-refractivity contribution in [3.8, 4) is 0 Å². The fourth-order valence-corrected chi connectivity index (χ4v) is 9.39. The maximum atomic E-state index is 12.8. The van der Waals surface area contributed by atoms with Gasteiger partial charge in [0, 0.05) is 37.6 Å². The molecule has 0 aromatic heterocycles. The third kappa shape index (κ3) is 48.8. The first-order valence-corrected chi connectivity index (χ1v) is 30.1. The molecule has 0 aromatic carbocycles. The number of phosphoric ester groups is 1. The summed E-state index contributed by atoms with van der Waals surface area (Å²) in [5, 5.41) is 31.0. The SMILES string of the molecule is CCCCCCCCCCCCCCCCOP(O)OCC[N+](=O)C(=O)CN(CCN(CCN(CC(=O)O)CC(=O)NCCOP(=O)(O)OCCCCCCCCCCCCCCCC)CC(=O)O)CC(=O)O. The number of aliphatic carboxylic acids is 3. The lowest BCUT2D eigenvalue weighted by atomic mass is 10.0. The molecule has 428 valence electrons. The van der Waals surface area contributed by atoms with Gasteiger partial charge in [0.2, 0.25) is 12.5 Å². The molecule has 23 heteroatoms. The standard InChI is InChI=1S/C50H97N5O16P2/c1-3-5-7-9-11-13-15-17-19-21-23-25-27-29-37-68-72(65)69-40-36-55(64)47(57)42-54(45-50(62)63)35-33-52(43-48(58)59)32-34-53(44-49(60)61)41-46(56)51-31-39-71-73(66,67)70-38-30-28-26-24-22-20-18-16-14-12-10-8-6-4-2/h65H,3-45H2,1-2H3,(H4-,51,56,58,59,60,61,62,63,66,67)/p+1. The third-order valence-corrected chi connectivity index (χ3v) is 14.0. The summed E-state index contributed by atoms with van der Waals surface area (Å²) in [6.07, 6.45) is 33.4. The van der Waals surface area contributed by atoms with Crippen molar-refractivity contribution < 1.29 is 76.5 Å². The van der Waals surface area contributed by atoms with Crippen molar-refractivity contribution in [1.29, 1.82) is 0 Å². The number of phosphoric acid groups is 1. The van der Waals surface area contributed by atoms with Gasteiger partial charge < -0.3 is 39.5 Å². The highest BCUT2D eigenvalue weighted by molar-refractivity contribution is 7.47. The molecule has 0 aromatic rings. The largest absolute Gasteiger partial charge is 0.480 e. The van der Waals surface area contributed by atoms with E-state index in [0.29, 0.717) is 13.0 Å². The molecule has 0 aliphatic carbocycles. The molecule has 0 heterocycles. The summed E-state index contributed by atoms with van der Waals surface area (Å²) in [5.41, 5.74) is 0. The Bertz CT molecular complexity index is 1490. The van der Waals surface area contributed by atoms with E-state index < -0.39 is 85.4 Å². The Hall–Kier alpha value is -2.55. The van der Waals surface area contributed by atoms with Gasteiger partial charge in [-0.3, -0.25) is 42.9 Å². The molecule has 73 heavy (non-hydrogen) atoms. The summed E-state index contributed by atoms with van der Waals surface area (Å²) in [7, 11) is -6.61. The summed E-state index contributed by atoms with van der Waals surface area (Å²) in [4.78, 5) is 96.8. The van der Waals surface area contributed by atoms with Crippen LogP contribution in [0.3, 0.4) is 0 Å². The van der Waals surface area contributed by atoms with Crippen LogP contribution in [-0.4, -0.2) is 173 Å². The molecule has 2 amide bonds. The van der Waals surface area contributed by atoms with E-state index in [0.717, 1.165) is 49.8 Å². The number of unbranched alkanes of at least 4 members (excludes halogenated alkanes) is 26. The van der Waals surface area contributed by atoms with Crippen LogP contribution in [0.4, 0.5) is 0 Å². The number of carbonyl (C=O) groups excluding carboxylic acids is 2. The first kappa shape index (κ1) is 70.5. The summed E-state index contributed by atoms with van der Waals surface area (Å²) < 4.78 is 32.9. The normalized spacial score (nSPS) is 12.9. The van der Waals surface area contributed by atoms with Gasteiger partial charge in [-0.15, -0.1) is 0 Å². The van der Waals surface area contributed by atoms with Gasteiger partial charge in [-0.1, -0.05) is 181 Å². The predicted octanol–water partition coefficient (Wildman–Crippen LogP) is 8.92. The third-order valence-electron chi connectivity index (χ3n) is 12.2. The summed E-state index contributed by atoms with van der Waals surface area (Å²) in [6.45, 7) is 0.211. The Kier molecular flexibility index (Phi) is 47.3. The number of hydrogen-bond acceptors (Lipinski definition) is 15. The Morgan fingerprint density at radius 3 is 1.25 bits per heavy atom. The van der Waals surface area contributed by atoms with Gasteiger partial charge in [0.05, 0.1) is 50.8 Å². The monoisotopic (exact) mass is 1090 g/mol. The fourth-order valence-electron chi connectivity index (χ4n) is 8.03. The van der Waals surface area contributed by atoms with Gasteiger partial charge in [0.25, 0.3) is 0 Å². The van der Waals surface area contributed by atoms with E-state index in [-0.39, 0.29) is 57.3 Å². The molecule has 0 saturated carbocycles. The molecule has 6 N–H and O–H groups in total. The van der Waals surface area contributed by atoms with Crippen LogP contribution >= 0.6 is 16.4 Å². The topological polar surface area (TPSA) is 282 Å². The van der Waals surface area contributed by atoms with E-state index in [4.69, 9.17) is 18.1 Å². The van der Waals surface area contributed by atoms with Crippen LogP contribution in [0, 0.1) is 4.91 Å². The van der Waals surface area contributed by atoms with Crippen LogP contribution in [0.15, 0.2) is 0 Å². The van der Waals surface area contributed by atoms with Crippen LogP contribution in [-0.2, 0) is 46.6 Å². The molecule has 0 bridgehead atoms. The number of amides is 2. The molecule has 0 aliphatic heterocycles. The second kappa shape index (κ2) is 49.0. The molecule has 0 aliphatic rings. The predicted molar refractivity (Wildman–Crippen MR) is 282 cm³/mol. The van der Waals surface area contributed by atoms with E-state index in [1.807, 2.05) is 0 Å². The van der Waals surface area contributed by atoms with Gasteiger partial charge >= 0.3 is 40.2 Å². The van der Waals surface area contributed by atoms with Gasteiger partial charge in [-0.05, 0) is 12.8 Å². The van der Waals surface area contributed by atoms with Crippen molar-refractivity contribution >= 4 is 46.1 Å². The Morgan fingerprint density at radius 1 is 0.479 bits per heavy atom. The number of hydrogen-bond donors (Lipinski definition) is 6. The Labute approximate surface area is 438 Å². The van der Waals surface area contributed by atoms with Crippen molar-refractivity contribution in [2.75, 3.05) is 98.4 Å². The molecule has 0 saturated heterocycles. The van der Waals surface area contributed by atoms with E-state index in [1.165, 1.54) is 138 Å². The zero-order valence-corrected chi connectivity index (χ0v) is 46.6. The van der Waals surface area contributed by atoms with Crippen LogP contribution in [0.5, 0.6) is 0 Å². The second-order valence-corrected chi connectivity index (χ2v) is 21.4. The maximum absolute atomic E-state index is 12.8. The van der Waals surface area contributed by atoms with Gasteiger partial charge in [-0.25, -0.2) is 9.36 Å². The molecule has 2 unspecified atom stereocenters. The van der Waals surface area contributed by atoms with E-state index in [9.17, 15) is 58.6 Å². The number of carboxylic acid groups (broad SMARTS) is 3. The van der Waals surface area contributed by atoms with Crippen LogP contribution in [0.25, 0.3) is 0 Å². The van der Waals surface area contributed by atoms with Crippen LogP contribution in [0.1, 0.15) is 194 Å². The van der Waals surface area contributed by atoms with Crippen LogP contribution < -0.4 is 5.32 Å². The maximum Gasteiger partial charge on any atom is 0.472 e. The number of carbonyl (C=O) groups is 5. The lowest BCUT2D eigenvalue weighted by Crippen LogP contribution is -2.47. The van der Waals surface area contributed by atoms with Crippen molar-refractivity contribution in [2.24, 2.45) is 0 Å². The molecular formula is C50H98N5O16P2+. The average molecular weight is 1090 g/mol. The Morgan fingerprint density at radius 2 is 0.822 bits per heavy atom. The lowest BCUT2D eigenvalue weighted by molar-refractivity contribution is -0.471. The quantitative estimate of drug-likeness (QED) is 0.0188. The minimum absolute atomic E-state index is 0.0502. The number of nitrogens with zero attached hydrogens (tertiary/aromatic N) is 4. The van der Waals surface area contributed by atoms with E-state index in [2.05, 4.69) is 19.2 Å². The first-order valence-electron chi connectivity index (χ1n) is 27.5. The number of nitrogens with one attached hydrogen (secondary N) is 1. The molecule has 2 atom stereocenters. The number of carboxylic acids is 3. The van der Waals surface area contributed by atoms with Gasteiger partial charge in [0.1, 0.15) is 13.2 Å². The molecule has 0 fully saturated rings. The van der Waals surface area contributed by atoms with Crippen molar-refractivity contribution in [1.82, 2.24) is 20.0 Å². The smallest absolute Gasteiger partial charge is 0.472 e. The summed E-state index contributed by atoms with van der Waals surface area (Å²) in [5.74, 6) is -5.43. The molecule has 0 rings (SSSR count). The average Bonchev–Trinajstić information content (AvgIpc) is 3.33. The summed E-state index contributed by atoms with van der Waals surface area (Å²) in [6, 6.07) is 0. The van der Waals surface area contributed by atoms with Crippen LogP contribution in [0.2, 0.25) is 0 Å². The molecule has 0 radical (unpaired) electrons. The molecule has 0 spiro atoms.